The zero-order valence-corrected chi connectivity index (χ0v) is 15.8. The molecule has 2 N–H and O–H groups in total. The van der Waals surface area contributed by atoms with Crippen molar-refractivity contribution in [3.8, 4) is 11.3 Å². The fourth-order valence-electron chi connectivity index (χ4n) is 6.30. The molecule has 4 aliphatic rings. The molecule has 4 bridgehead atoms. The van der Waals surface area contributed by atoms with Crippen molar-refractivity contribution in [2.45, 2.75) is 44.9 Å². The maximum atomic E-state index is 13.1. The summed E-state index contributed by atoms with van der Waals surface area (Å²) in [7, 11) is 0. The largest absolute Gasteiger partial charge is 0.277 e. The van der Waals surface area contributed by atoms with Crippen molar-refractivity contribution < 1.29 is 9.18 Å². The molecule has 1 aromatic carbocycles. The van der Waals surface area contributed by atoms with Crippen LogP contribution in [-0.4, -0.2) is 22.3 Å². The van der Waals surface area contributed by atoms with Crippen LogP contribution in [0.4, 0.5) is 4.39 Å². The molecule has 28 heavy (non-hydrogen) atoms. The lowest BCUT2D eigenvalue weighted by Crippen LogP contribution is -2.47. The molecule has 4 fully saturated rings. The second-order valence-electron chi connectivity index (χ2n) is 9.09. The van der Waals surface area contributed by atoms with Gasteiger partial charge in [-0.25, -0.2) is 9.82 Å². The number of aromatic amines is 1. The number of carbonyl (C=O) groups is 1. The minimum atomic E-state index is -0.282. The van der Waals surface area contributed by atoms with Crippen molar-refractivity contribution in [2.24, 2.45) is 28.3 Å². The van der Waals surface area contributed by atoms with E-state index >= 15 is 0 Å². The highest BCUT2D eigenvalue weighted by Gasteiger charge is 2.51. The molecular weight excluding hydrogens is 355 g/mol. The van der Waals surface area contributed by atoms with E-state index in [0.29, 0.717) is 6.42 Å². The number of benzene rings is 1. The number of nitrogens with one attached hydrogen (secondary N) is 2. The quantitative estimate of drug-likeness (QED) is 0.601. The molecule has 5 nitrogen and oxygen atoms in total. The van der Waals surface area contributed by atoms with Gasteiger partial charge in [-0.15, -0.1) is 0 Å². The lowest BCUT2D eigenvalue weighted by molar-refractivity contribution is -0.129. The summed E-state index contributed by atoms with van der Waals surface area (Å²) in [4.78, 5) is 12.6. The number of aromatic nitrogens is 2. The van der Waals surface area contributed by atoms with Crippen molar-refractivity contribution in [2.75, 3.05) is 0 Å². The Balaban J connectivity index is 1.22. The highest BCUT2D eigenvalue weighted by Crippen LogP contribution is 2.61. The Morgan fingerprint density at radius 1 is 1.18 bits per heavy atom. The molecule has 2 aromatic rings. The van der Waals surface area contributed by atoms with Crippen molar-refractivity contribution >= 4 is 12.1 Å². The van der Waals surface area contributed by atoms with Crippen LogP contribution in [0.5, 0.6) is 0 Å². The van der Waals surface area contributed by atoms with Crippen molar-refractivity contribution in [3.05, 3.63) is 41.8 Å². The van der Waals surface area contributed by atoms with Crippen LogP contribution in [0.15, 0.2) is 35.6 Å². The Morgan fingerprint density at radius 2 is 1.82 bits per heavy atom. The predicted octanol–water partition coefficient (Wildman–Crippen LogP) is 4.27. The first-order valence-electron chi connectivity index (χ1n) is 10.2. The molecule has 0 unspecified atom stereocenters. The van der Waals surface area contributed by atoms with Crippen LogP contribution in [0, 0.1) is 29.0 Å². The molecule has 6 heteroatoms. The Labute approximate surface area is 163 Å². The highest BCUT2D eigenvalue weighted by molar-refractivity contribution is 5.89. The van der Waals surface area contributed by atoms with Gasteiger partial charge >= 0.3 is 0 Å². The second-order valence-corrected chi connectivity index (χ2v) is 9.09. The number of hydrogen-bond donors (Lipinski definition) is 2. The molecular formula is C22H25FN4O. The maximum absolute atomic E-state index is 13.1. The third-order valence-corrected chi connectivity index (χ3v) is 6.90. The van der Waals surface area contributed by atoms with Gasteiger partial charge in [-0.3, -0.25) is 9.89 Å². The summed E-state index contributed by atoms with van der Waals surface area (Å²) in [6.45, 7) is 0. The minimum Gasteiger partial charge on any atom is -0.277 e. The molecule has 146 valence electrons. The van der Waals surface area contributed by atoms with E-state index in [2.05, 4.69) is 20.7 Å². The molecule has 0 radical (unpaired) electrons. The van der Waals surface area contributed by atoms with Gasteiger partial charge in [-0.1, -0.05) is 0 Å². The van der Waals surface area contributed by atoms with E-state index in [9.17, 15) is 9.18 Å². The number of halogens is 1. The fraction of sp³-hybridized carbons (Fsp3) is 0.500. The summed E-state index contributed by atoms with van der Waals surface area (Å²) in [5.74, 6) is 2.24. The molecule has 1 aromatic heterocycles. The van der Waals surface area contributed by atoms with Crippen LogP contribution in [0.2, 0.25) is 0 Å². The Hall–Kier alpha value is -2.50. The van der Waals surface area contributed by atoms with Crippen LogP contribution >= 0.6 is 0 Å². The summed E-state index contributed by atoms with van der Waals surface area (Å²) in [5, 5.41) is 11.1. The number of rotatable bonds is 5. The van der Waals surface area contributed by atoms with Crippen molar-refractivity contribution in [1.82, 2.24) is 15.6 Å². The van der Waals surface area contributed by atoms with Crippen LogP contribution in [-0.2, 0) is 4.79 Å². The van der Waals surface area contributed by atoms with Gasteiger partial charge in [0.25, 0.3) is 0 Å². The fourth-order valence-corrected chi connectivity index (χ4v) is 6.30. The van der Waals surface area contributed by atoms with Crippen LogP contribution in [0.25, 0.3) is 11.3 Å². The van der Waals surface area contributed by atoms with Gasteiger partial charge in [0.1, 0.15) is 5.82 Å². The predicted molar refractivity (Wildman–Crippen MR) is 105 cm³/mol. The molecule has 0 spiro atoms. The molecule has 4 saturated carbocycles. The van der Waals surface area contributed by atoms with Gasteiger partial charge in [0.15, 0.2) is 0 Å². The van der Waals surface area contributed by atoms with Crippen molar-refractivity contribution in [1.29, 1.82) is 0 Å². The van der Waals surface area contributed by atoms with E-state index in [1.54, 1.807) is 24.5 Å². The topological polar surface area (TPSA) is 70.1 Å². The summed E-state index contributed by atoms with van der Waals surface area (Å²) in [6.07, 6.45) is 11.6. The van der Waals surface area contributed by atoms with E-state index in [1.165, 1.54) is 50.7 Å². The summed E-state index contributed by atoms with van der Waals surface area (Å²) in [5.41, 5.74) is 5.24. The van der Waals surface area contributed by atoms with Crippen LogP contribution in [0.3, 0.4) is 0 Å². The Morgan fingerprint density at radius 3 is 2.46 bits per heavy atom. The zero-order chi connectivity index (χ0) is 19.1. The third-order valence-electron chi connectivity index (χ3n) is 6.90. The van der Waals surface area contributed by atoms with Gasteiger partial charge in [-0.2, -0.15) is 10.2 Å². The number of amides is 1. The van der Waals surface area contributed by atoms with E-state index in [4.69, 9.17) is 0 Å². The van der Waals surface area contributed by atoms with Gasteiger partial charge in [0.05, 0.1) is 18.1 Å². The number of carbonyl (C=O) groups excluding carboxylic acids is 1. The first-order chi connectivity index (χ1) is 13.6. The lowest BCUT2D eigenvalue weighted by atomic mass is 9.49. The molecule has 4 aliphatic carbocycles. The summed E-state index contributed by atoms with van der Waals surface area (Å²) >= 11 is 0. The standard InChI is InChI=1S/C22H25FN4O/c23-19-3-1-17(2-4-19)21-18(13-25-27-21)12-24-26-20(28)11-22-8-14-5-15(9-22)7-16(6-14)10-22/h1-4,12-16H,5-11H2,(H,25,27)(H,26,28)/b24-12+. The molecule has 0 aliphatic heterocycles. The number of hydrazone groups is 1. The first kappa shape index (κ1) is 17.6. The molecule has 6 rings (SSSR count). The van der Waals surface area contributed by atoms with Crippen molar-refractivity contribution in [3.63, 3.8) is 0 Å². The smallest absolute Gasteiger partial charge is 0.240 e. The molecule has 1 heterocycles. The number of hydrogen-bond acceptors (Lipinski definition) is 3. The van der Waals surface area contributed by atoms with Gasteiger partial charge < -0.3 is 0 Å². The first-order valence-corrected chi connectivity index (χ1v) is 10.2. The summed E-state index contributed by atoms with van der Waals surface area (Å²) in [6, 6.07) is 6.19. The van der Waals surface area contributed by atoms with Gasteiger partial charge in [-0.05, 0) is 86.0 Å². The van der Waals surface area contributed by atoms with E-state index in [0.717, 1.165) is 34.6 Å². The summed E-state index contributed by atoms with van der Waals surface area (Å²) < 4.78 is 13.1. The van der Waals surface area contributed by atoms with E-state index < -0.39 is 0 Å². The lowest BCUT2D eigenvalue weighted by Gasteiger charge is -2.56. The van der Waals surface area contributed by atoms with E-state index in [-0.39, 0.29) is 17.1 Å². The Bertz CT molecular complexity index is 866. The Kier molecular flexibility index (Phi) is 4.29. The minimum absolute atomic E-state index is 0.00465. The van der Waals surface area contributed by atoms with Gasteiger partial charge in [0.2, 0.25) is 5.91 Å². The zero-order valence-electron chi connectivity index (χ0n) is 15.8. The van der Waals surface area contributed by atoms with Crippen LogP contribution in [0.1, 0.15) is 50.5 Å². The molecule has 1 amide bonds. The van der Waals surface area contributed by atoms with Crippen LogP contribution < -0.4 is 5.43 Å². The SMILES string of the molecule is O=C(CC12CC3CC(CC(C3)C1)C2)N/N=C/c1cn[nH]c1-c1ccc(F)cc1. The molecule has 0 saturated heterocycles. The second kappa shape index (κ2) is 6.83. The monoisotopic (exact) mass is 380 g/mol. The average Bonchev–Trinajstić information content (AvgIpc) is 3.09. The van der Waals surface area contributed by atoms with Gasteiger partial charge in [0, 0.05) is 17.5 Å². The maximum Gasteiger partial charge on any atom is 0.240 e. The average molecular weight is 380 g/mol. The number of nitrogens with zero attached hydrogens (tertiary/aromatic N) is 2. The number of H-pyrrole nitrogens is 1. The van der Waals surface area contributed by atoms with E-state index in [1.807, 2.05) is 0 Å². The molecule has 0 atom stereocenters. The normalized spacial score (nSPS) is 30.8. The third kappa shape index (κ3) is 3.36. The highest BCUT2D eigenvalue weighted by atomic mass is 19.1.